The van der Waals surface area contributed by atoms with Gasteiger partial charge >= 0.3 is 0 Å². The van der Waals surface area contributed by atoms with Crippen LogP contribution in [0.5, 0.6) is 0 Å². The summed E-state index contributed by atoms with van der Waals surface area (Å²) < 4.78 is 0. The highest BCUT2D eigenvalue weighted by atomic mass is 15.0. The molecule has 0 radical (unpaired) electrons. The van der Waals surface area contributed by atoms with Gasteiger partial charge in [-0.15, -0.1) is 0 Å². The Balaban J connectivity index is 1.04. The van der Waals surface area contributed by atoms with E-state index in [0.29, 0.717) is 17.5 Å². The van der Waals surface area contributed by atoms with E-state index in [4.69, 9.17) is 15.0 Å². The molecule has 0 aliphatic heterocycles. The lowest BCUT2D eigenvalue weighted by atomic mass is 9.55. The number of nitrogens with zero attached hydrogens (tertiary/aromatic N) is 3. The Kier molecular flexibility index (Phi) is 7.74. The molecule has 274 valence electrons. The van der Waals surface area contributed by atoms with Crippen molar-refractivity contribution in [2.24, 2.45) is 0 Å². The number of hydrogen-bond donors (Lipinski definition) is 0. The van der Waals surface area contributed by atoms with E-state index in [9.17, 15) is 0 Å². The maximum absolute atomic E-state index is 5.08. The van der Waals surface area contributed by atoms with E-state index in [0.717, 1.165) is 27.8 Å². The van der Waals surface area contributed by atoms with Crippen molar-refractivity contribution in [1.29, 1.82) is 0 Å². The van der Waals surface area contributed by atoms with Crippen molar-refractivity contribution in [3.05, 3.63) is 234 Å². The minimum atomic E-state index is -0.432. The Labute approximate surface area is 339 Å². The summed E-state index contributed by atoms with van der Waals surface area (Å²) in [7, 11) is 0. The molecule has 8 aromatic carbocycles. The Morgan fingerprint density at radius 3 is 1.19 bits per heavy atom. The van der Waals surface area contributed by atoms with Crippen LogP contribution in [0.3, 0.4) is 0 Å². The third kappa shape index (κ3) is 5.10. The topological polar surface area (TPSA) is 38.7 Å². The molecular weight excluding hydrogens is 703 g/mol. The summed E-state index contributed by atoms with van der Waals surface area (Å²) in [5.74, 6) is 1.94. The van der Waals surface area contributed by atoms with Gasteiger partial charge in [-0.1, -0.05) is 214 Å². The second kappa shape index (κ2) is 13.2. The van der Waals surface area contributed by atoms with E-state index in [2.05, 4.69) is 190 Å². The van der Waals surface area contributed by atoms with E-state index >= 15 is 0 Å². The van der Waals surface area contributed by atoms with Gasteiger partial charge in [0.2, 0.25) is 0 Å². The summed E-state index contributed by atoms with van der Waals surface area (Å²) in [4.78, 5) is 15.1. The average Bonchev–Trinajstić information content (AvgIpc) is 3.60. The molecule has 0 atom stereocenters. The maximum Gasteiger partial charge on any atom is 0.164 e. The molecule has 2 aliphatic carbocycles. The molecule has 9 aromatic rings. The summed E-state index contributed by atoms with van der Waals surface area (Å²) in [6.07, 6.45) is 0. The monoisotopic (exact) mass is 741 g/mol. The van der Waals surface area contributed by atoms with Gasteiger partial charge in [0, 0.05) is 22.1 Å². The van der Waals surface area contributed by atoms with E-state index in [1.165, 1.54) is 55.6 Å². The highest BCUT2D eigenvalue weighted by Crippen LogP contribution is 2.63. The lowest BCUT2D eigenvalue weighted by Gasteiger charge is -2.46. The molecular formula is C55H39N3. The fourth-order valence-electron chi connectivity index (χ4n) is 9.74. The van der Waals surface area contributed by atoms with Crippen LogP contribution in [-0.4, -0.2) is 15.0 Å². The molecule has 0 bridgehead atoms. The molecule has 3 nitrogen and oxygen atoms in total. The van der Waals surface area contributed by atoms with Gasteiger partial charge in [-0.3, -0.25) is 0 Å². The molecule has 0 amide bonds. The van der Waals surface area contributed by atoms with Crippen LogP contribution in [0.1, 0.15) is 47.2 Å². The van der Waals surface area contributed by atoms with Crippen LogP contribution >= 0.6 is 0 Å². The smallest absolute Gasteiger partial charge is 0.164 e. The van der Waals surface area contributed by atoms with Gasteiger partial charge in [-0.25, -0.2) is 15.0 Å². The highest BCUT2D eigenvalue weighted by Gasteiger charge is 2.53. The molecule has 2 aliphatic rings. The first kappa shape index (κ1) is 34.1. The number of aromatic nitrogens is 3. The zero-order chi connectivity index (χ0) is 38.8. The van der Waals surface area contributed by atoms with Crippen molar-refractivity contribution in [3.63, 3.8) is 0 Å². The van der Waals surface area contributed by atoms with Crippen LogP contribution in [0.4, 0.5) is 0 Å². The molecule has 0 saturated heterocycles. The summed E-state index contributed by atoms with van der Waals surface area (Å²) in [5, 5.41) is 0. The summed E-state index contributed by atoms with van der Waals surface area (Å²) in [5.41, 5.74) is 17.7. The molecule has 58 heavy (non-hydrogen) atoms. The zero-order valence-electron chi connectivity index (χ0n) is 32.4. The summed E-state index contributed by atoms with van der Waals surface area (Å²) in [6.45, 7) is 4.74. The minimum absolute atomic E-state index is 0.134. The van der Waals surface area contributed by atoms with Gasteiger partial charge in [-0.2, -0.15) is 0 Å². The van der Waals surface area contributed by atoms with Gasteiger partial charge in [0.1, 0.15) is 0 Å². The van der Waals surface area contributed by atoms with Crippen molar-refractivity contribution in [1.82, 2.24) is 15.0 Å². The molecule has 1 spiro atoms. The van der Waals surface area contributed by atoms with Crippen molar-refractivity contribution >= 4 is 0 Å². The van der Waals surface area contributed by atoms with E-state index < -0.39 is 5.41 Å². The first-order valence-electron chi connectivity index (χ1n) is 20.0. The summed E-state index contributed by atoms with van der Waals surface area (Å²) in [6, 6.07) is 72.0. The molecule has 0 unspecified atom stereocenters. The average molecular weight is 742 g/mol. The van der Waals surface area contributed by atoms with Crippen LogP contribution in [0, 0.1) is 0 Å². The van der Waals surface area contributed by atoms with E-state index in [1.54, 1.807) is 0 Å². The standard InChI is InChI=1S/C55H39N3/c1-54(2)45-23-11-13-25-47(45)55(48-26-14-12-24-46(48)54)44-22-10-9-20-43(44)50-42(21-15-27-49(50)55)38-30-34-41(35-31-38)53-57-51(39-18-7-4-8-19-39)56-52(58-53)40-32-28-37(29-33-40)36-16-5-3-6-17-36/h3-35H,1-2H3. The lowest BCUT2D eigenvalue weighted by molar-refractivity contribution is 0.563. The first-order valence-corrected chi connectivity index (χ1v) is 20.0. The fraction of sp³-hybridized carbons (Fsp3) is 0.0727. The highest BCUT2D eigenvalue weighted by molar-refractivity contribution is 5.96. The second-order valence-corrected chi connectivity index (χ2v) is 15.9. The van der Waals surface area contributed by atoms with Crippen LogP contribution < -0.4 is 0 Å². The second-order valence-electron chi connectivity index (χ2n) is 15.9. The van der Waals surface area contributed by atoms with Gasteiger partial charge < -0.3 is 0 Å². The third-order valence-corrected chi connectivity index (χ3v) is 12.4. The van der Waals surface area contributed by atoms with Crippen molar-refractivity contribution < 1.29 is 0 Å². The normalized spacial score (nSPS) is 14.0. The van der Waals surface area contributed by atoms with Gasteiger partial charge in [0.05, 0.1) is 5.41 Å². The Morgan fingerprint density at radius 1 is 0.276 bits per heavy atom. The molecule has 0 N–H and O–H groups in total. The SMILES string of the molecule is CC1(C)c2ccccc2C2(c3ccccc3-c3c(-c4ccc(-c5nc(-c6ccccc6)nc(-c6ccc(-c7ccccc7)cc6)n5)cc4)cccc32)c2ccccc21. The number of hydrogen-bond acceptors (Lipinski definition) is 3. The van der Waals surface area contributed by atoms with Crippen LogP contribution in [0.25, 0.3) is 67.5 Å². The number of rotatable bonds is 5. The lowest BCUT2D eigenvalue weighted by Crippen LogP contribution is -2.40. The van der Waals surface area contributed by atoms with Crippen LogP contribution in [0.15, 0.2) is 200 Å². The predicted octanol–water partition coefficient (Wildman–Crippen LogP) is 13.2. The van der Waals surface area contributed by atoms with Gasteiger partial charge in [0.15, 0.2) is 17.5 Å². The Bertz CT molecular complexity index is 2950. The van der Waals surface area contributed by atoms with Crippen molar-refractivity contribution in [2.45, 2.75) is 24.7 Å². The molecule has 11 rings (SSSR count). The third-order valence-electron chi connectivity index (χ3n) is 12.4. The number of benzene rings is 8. The molecule has 0 saturated carbocycles. The van der Waals surface area contributed by atoms with Crippen LogP contribution in [-0.2, 0) is 10.8 Å². The first-order chi connectivity index (χ1) is 28.5. The minimum Gasteiger partial charge on any atom is -0.208 e. The Morgan fingerprint density at radius 2 is 0.638 bits per heavy atom. The predicted molar refractivity (Wildman–Crippen MR) is 236 cm³/mol. The number of fused-ring (bicyclic) bond motifs is 9. The van der Waals surface area contributed by atoms with Gasteiger partial charge in [0.25, 0.3) is 0 Å². The van der Waals surface area contributed by atoms with E-state index in [-0.39, 0.29) is 5.41 Å². The van der Waals surface area contributed by atoms with E-state index in [1.807, 2.05) is 24.3 Å². The Hall–Kier alpha value is -7.23. The maximum atomic E-state index is 5.08. The molecule has 0 fully saturated rings. The molecule has 1 aromatic heterocycles. The fourth-order valence-corrected chi connectivity index (χ4v) is 9.74. The van der Waals surface area contributed by atoms with Crippen molar-refractivity contribution in [3.8, 4) is 67.5 Å². The van der Waals surface area contributed by atoms with Crippen molar-refractivity contribution in [2.75, 3.05) is 0 Å². The van der Waals surface area contributed by atoms with Crippen LogP contribution in [0.2, 0.25) is 0 Å². The van der Waals surface area contributed by atoms with Gasteiger partial charge in [-0.05, 0) is 66.8 Å². The largest absolute Gasteiger partial charge is 0.208 e. The molecule has 1 heterocycles. The zero-order valence-corrected chi connectivity index (χ0v) is 32.4. The molecule has 3 heteroatoms. The summed E-state index contributed by atoms with van der Waals surface area (Å²) >= 11 is 0. The quantitative estimate of drug-likeness (QED) is 0.176.